The van der Waals surface area contributed by atoms with Crippen LogP contribution >= 0.6 is 0 Å². The lowest BCUT2D eigenvalue weighted by Gasteiger charge is -2.07. The Bertz CT molecular complexity index is 963. The molecular formula is C18H17N5. The van der Waals surface area contributed by atoms with Crippen molar-refractivity contribution in [2.24, 2.45) is 0 Å². The third-order valence-corrected chi connectivity index (χ3v) is 4.01. The van der Waals surface area contributed by atoms with Crippen LogP contribution in [0.2, 0.25) is 0 Å². The third kappa shape index (κ3) is 2.61. The zero-order valence-electron chi connectivity index (χ0n) is 13.1. The zero-order valence-corrected chi connectivity index (χ0v) is 13.1. The highest BCUT2D eigenvalue weighted by Gasteiger charge is 2.04. The zero-order chi connectivity index (χ0) is 15.8. The molecule has 0 saturated carbocycles. The average molecular weight is 303 g/mol. The molecule has 3 heterocycles. The Labute approximate surface area is 134 Å². The molecule has 0 aliphatic heterocycles. The van der Waals surface area contributed by atoms with Gasteiger partial charge in [-0.2, -0.15) is 5.10 Å². The predicted molar refractivity (Wildman–Crippen MR) is 89.2 cm³/mol. The van der Waals surface area contributed by atoms with Crippen LogP contribution in [0.4, 0.5) is 0 Å². The summed E-state index contributed by atoms with van der Waals surface area (Å²) in [5.41, 5.74) is 6.67. The van der Waals surface area contributed by atoms with Crippen molar-refractivity contribution in [1.29, 1.82) is 0 Å². The standard InChI is InChI=1S/C18H17N5/c1-13-9-14(2)23(21-13)10-15-3-5-16(6-4-15)17-7-8-18-20-19-12-22(18)11-17/h3-9,11-12H,10H2,1-2H3. The van der Waals surface area contributed by atoms with Gasteiger partial charge in [-0.05, 0) is 48.7 Å². The van der Waals surface area contributed by atoms with E-state index >= 15 is 0 Å². The van der Waals surface area contributed by atoms with Gasteiger partial charge in [0, 0.05) is 11.9 Å². The number of aromatic nitrogens is 5. The van der Waals surface area contributed by atoms with Crippen molar-refractivity contribution in [3.05, 3.63) is 71.9 Å². The normalized spacial score (nSPS) is 11.2. The number of benzene rings is 1. The van der Waals surface area contributed by atoms with E-state index in [9.17, 15) is 0 Å². The van der Waals surface area contributed by atoms with Gasteiger partial charge in [0.25, 0.3) is 0 Å². The lowest BCUT2D eigenvalue weighted by molar-refractivity contribution is 0.659. The van der Waals surface area contributed by atoms with Gasteiger partial charge in [0.1, 0.15) is 6.33 Å². The van der Waals surface area contributed by atoms with Crippen LogP contribution in [0.3, 0.4) is 0 Å². The molecule has 0 unspecified atom stereocenters. The van der Waals surface area contributed by atoms with Crippen LogP contribution in [0.1, 0.15) is 17.0 Å². The molecule has 5 nitrogen and oxygen atoms in total. The fourth-order valence-corrected chi connectivity index (χ4v) is 2.81. The van der Waals surface area contributed by atoms with Crippen LogP contribution in [0.15, 0.2) is 55.0 Å². The number of rotatable bonds is 3. The first kappa shape index (κ1) is 13.7. The van der Waals surface area contributed by atoms with Crippen molar-refractivity contribution in [1.82, 2.24) is 24.4 Å². The summed E-state index contributed by atoms with van der Waals surface area (Å²) in [6, 6.07) is 14.7. The Morgan fingerprint density at radius 3 is 2.48 bits per heavy atom. The van der Waals surface area contributed by atoms with Gasteiger partial charge in [0.15, 0.2) is 5.65 Å². The first-order valence-electron chi connectivity index (χ1n) is 7.59. The molecule has 0 bridgehead atoms. The van der Waals surface area contributed by atoms with E-state index in [1.54, 1.807) is 6.33 Å². The van der Waals surface area contributed by atoms with Crippen LogP contribution in [0.5, 0.6) is 0 Å². The molecule has 114 valence electrons. The molecule has 0 aliphatic rings. The van der Waals surface area contributed by atoms with E-state index in [4.69, 9.17) is 0 Å². The molecule has 0 atom stereocenters. The lowest BCUT2D eigenvalue weighted by Crippen LogP contribution is -2.03. The van der Waals surface area contributed by atoms with Crippen molar-refractivity contribution in [3.63, 3.8) is 0 Å². The number of hydrogen-bond acceptors (Lipinski definition) is 3. The smallest absolute Gasteiger partial charge is 0.160 e. The van der Waals surface area contributed by atoms with Crippen molar-refractivity contribution >= 4 is 5.65 Å². The molecular weight excluding hydrogens is 286 g/mol. The Kier molecular flexibility index (Phi) is 3.19. The molecule has 0 N–H and O–H groups in total. The molecule has 0 saturated heterocycles. The highest BCUT2D eigenvalue weighted by Crippen LogP contribution is 2.20. The van der Waals surface area contributed by atoms with E-state index in [1.807, 2.05) is 28.3 Å². The SMILES string of the molecule is Cc1cc(C)n(Cc2ccc(-c3ccc4nncn4c3)cc2)n1. The van der Waals surface area contributed by atoms with Crippen LogP contribution in [0.25, 0.3) is 16.8 Å². The summed E-state index contributed by atoms with van der Waals surface area (Å²) in [4.78, 5) is 0. The summed E-state index contributed by atoms with van der Waals surface area (Å²) in [6.07, 6.45) is 3.77. The Balaban J connectivity index is 1.61. The molecule has 5 heteroatoms. The Morgan fingerprint density at radius 2 is 1.74 bits per heavy atom. The van der Waals surface area contributed by atoms with Crippen LogP contribution in [-0.4, -0.2) is 24.4 Å². The quantitative estimate of drug-likeness (QED) is 0.583. The van der Waals surface area contributed by atoms with Gasteiger partial charge in [-0.1, -0.05) is 24.3 Å². The van der Waals surface area contributed by atoms with Crippen molar-refractivity contribution in [3.8, 4) is 11.1 Å². The van der Waals surface area contributed by atoms with Gasteiger partial charge in [-0.15, -0.1) is 10.2 Å². The number of fused-ring (bicyclic) bond motifs is 1. The predicted octanol–water partition coefficient (Wildman–Crippen LogP) is 3.26. The third-order valence-electron chi connectivity index (χ3n) is 4.01. The summed E-state index contributed by atoms with van der Waals surface area (Å²) >= 11 is 0. The summed E-state index contributed by atoms with van der Waals surface area (Å²) < 4.78 is 3.96. The second-order valence-corrected chi connectivity index (χ2v) is 5.80. The van der Waals surface area contributed by atoms with Gasteiger partial charge in [-0.25, -0.2) is 0 Å². The minimum atomic E-state index is 0.796. The highest BCUT2D eigenvalue weighted by atomic mass is 15.3. The van der Waals surface area contributed by atoms with E-state index in [2.05, 4.69) is 58.6 Å². The highest BCUT2D eigenvalue weighted by molar-refractivity contribution is 5.64. The molecule has 0 spiro atoms. The number of pyridine rings is 1. The maximum atomic E-state index is 4.51. The van der Waals surface area contributed by atoms with Crippen LogP contribution in [0, 0.1) is 13.8 Å². The van der Waals surface area contributed by atoms with Crippen LogP contribution in [-0.2, 0) is 6.54 Å². The fraction of sp³-hybridized carbons (Fsp3) is 0.167. The van der Waals surface area contributed by atoms with Gasteiger partial charge >= 0.3 is 0 Å². The summed E-state index contributed by atoms with van der Waals surface area (Å²) in [5, 5.41) is 12.5. The van der Waals surface area contributed by atoms with Crippen LogP contribution < -0.4 is 0 Å². The monoisotopic (exact) mass is 303 g/mol. The molecule has 0 fully saturated rings. The second-order valence-electron chi connectivity index (χ2n) is 5.80. The maximum absolute atomic E-state index is 4.51. The molecule has 0 aliphatic carbocycles. The minimum absolute atomic E-state index is 0.796. The van der Waals surface area contributed by atoms with E-state index in [-0.39, 0.29) is 0 Å². The summed E-state index contributed by atoms with van der Waals surface area (Å²) in [5.74, 6) is 0. The van der Waals surface area contributed by atoms with Crippen molar-refractivity contribution in [2.45, 2.75) is 20.4 Å². The van der Waals surface area contributed by atoms with E-state index in [1.165, 1.54) is 16.8 Å². The van der Waals surface area contributed by atoms with E-state index in [0.29, 0.717) is 0 Å². The largest absolute Gasteiger partial charge is 0.288 e. The van der Waals surface area contributed by atoms with E-state index < -0.39 is 0 Å². The second kappa shape index (κ2) is 5.35. The molecule has 0 radical (unpaired) electrons. The van der Waals surface area contributed by atoms with Gasteiger partial charge in [0.2, 0.25) is 0 Å². The summed E-state index contributed by atoms with van der Waals surface area (Å²) in [7, 11) is 0. The maximum Gasteiger partial charge on any atom is 0.160 e. The topological polar surface area (TPSA) is 48.0 Å². The van der Waals surface area contributed by atoms with E-state index in [0.717, 1.165) is 23.4 Å². The molecule has 0 amide bonds. The van der Waals surface area contributed by atoms with Gasteiger partial charge in [-0.3, -0.25) is 9.08 Å². The van der Waals surface area contributed by atoms with Crippen molar-refractivity contribution in [2.75, 3.05) is 0 Å². The van der Waals surface area contributed by atoms with Gasteiger partial charge < -0.3 is 0 Å². The van der Waals surface area contributed by atoms with Crippen molar-refractivity contribution < 1.29 is 0 Å². The number of hydrogen-bond donors (Lipinski definition) is 0. The number of nitrogens with zero attached hydrogens (tertiary/aromatic N) is 5. The Hall–Kier alpha value is -2.95. The molecule has 1 aromatic carbocycles. The first-order valence-corrected chi connectivity index (χ1v) is 7.59. The number of aryl methyl sites for hydroxylation is 2. The molecule has 23 heavy (non-hydrogen) atoms. The fourth-order valence-electron chi connectivity index (χ4n) is 2.81. The molecule has 4 aromatic rings. The lowest BCUT2D eigenvalue weighted by atomic mass is 10.1. The minimum Gasteiger partial charge on any atom is -0.288 e. The molecule has 3 aromatic heterocycles. The van der Waals surface area contributed by atoms with Gasteiger partial charge in [0.05, 0.1) is 12.2 Å². The Morgan fingerprint density at radius 1 is 0.957 bits per heavy atom. The molecule has 4 rings (SSSR count). The first-order chi connectivity index (χ1) is 11.2. The summed E-state index contributed by atoms with van der Waals surface area (Å²) in [6.45, 7) is 4.90. The average Bonchev–Trinajstić information content (AvgIpc) is 3.13.